The molecule has 1 heterocycles. The summed E-state index contributed by atoms with van der Waals surface area (Å²) < 4.78 is 5.61. The van der Waals surface area contributed by atoms with Gasteiger partial charge in [-0.15, -0.1) is 0 Å². The Morgan fingerprint density at radius 1 is 1.41 bits per heavy atom. The van der Waals surface area contributed by atoms with E-state index in [9.17, 15) is 4.79 Å². The van der Waals surface area contributed by atoms with Gasteiger partial charge in [-0.1, -0.05) is 18.2 Å². The highest BCUT2D eigenvalue weighted by Gasteiger charge is 2.12. The molecule has 0 unspecified atom stereocenters. The van der Waals surface area contributed by atoms with E-state index in [0.29, 0.717) is 12.8 Å². The molecule has 0 fully saturated rings. The molecule has 0 saturated heterocycles. The molecule has 0 saturated carbocycles. The number of fused-ring (bicyclic) bond motifs is 1. The summed E-state index contributed by atoms with van der Waals surface area (Å²) in [5.74, 6) is -0.0709. The first-order valence-electron chi connectivity index (χ1n) is 5.62. The first-order valence-corrected chi connectivity index (χ1v) is 5.62. The highest BCUT2D eigenvalue weighted by Crippen LogP contribution is 2.25. The van der Waals surface area contributed by atoms with Crippen LogP contribution in [0, 0.1) is 0 Å². The van der Waals surface area contributed by atoms with Gasteiger partial charge in [0, 0.05) is 11.8 Å². The number of carbonyl (C=O) groups is 1. The first-order chi connectivity index (χ1) is 8.16. The van der Waals surface area contributed by atoms with E-state index in [1.807, 2.05) is 30.3 Å². The van der Waals surface area contributed by atoms with Crippen molar-refractivity contribution in [2.24, 2.45) is 5.73 Å². The molecule has 1 atom stereocenters. The number of para-hydroxylation sites is 1. The molecule has 4 heteroatoms. The maximum absolute atomic E-state index is 10.4. The Morgan fingerprint density at radius 2 is 2.18 bits per heavy atom. The largest absolute Gasteiger partial charge is 0.481 e. The highest BCUT2D eigenvalue weighted by molar-refractivity contribution is 5.77. The minimum absolute atomic E-state index is 0.147. The van der Waals surface area contributed by atoms with Gasteiger partial charge in [-0.3, -0.25) is 4.79 Å². The van der Waals surface area contributed by atoms with Crippen molar-refractivity contribution in [3.63, 3.8) is 0 Å². The number of hydrogen-bond donors (Lipinski definition) is 2. The quantitative estimate of drug-likeness (QED) is 0.832. The third kappa shape index (κ3) is 2.85. The van der Waals surface area contributed by atoms with Crippen molar-refractivity contribution in [1.29, 1.82) is 0 Å². The minimum atomic E-state index is -0.790. The first kappa shape index (κ1) is 11.7. The fourth-order valence-electron chi connectivity index (χ4n) is 1.80. The van der Waals surface area contributed by atoms with Gasteiger partial charge in [0.05, 0.1) is 6.04 Å². The van der Waals surface area contributed by atoms with Crippen LogP contribution in [-0.4, -0.2) is 11.1 Å². The van der Waals surface area contributed by atoms with Crippen LogP contribution in [0.3, 0.4) is 0 Å². The molecule has 2 aromatic rings. The van der Waals surface area contributed by atoms with Crippen molar-refractivity contribution in [3.05, 3.63) is 36.1 Å². The number of carboxylic acid groups (broad SMARTS) is 1. The van der Waals surface area contributed by atoms with Crippen molar-refractivity contribution in [2.75, 3.05) is 0 Å². The van der Waals surface area contributed by atoms with Gasteiger partial charge in [-0.2, -0.15) is 0 Å². The van der Waals surface area contributed by atoms with Gasteiger partial charge in [0.25, 0.3) is 0 Å². The van der Waals surface area contributed by atoms with Gasteiger partial charge < -0.3 is 15.3 Å². The number of aliphatic carboxylic acids is 1. The Bertz CT molecular complexity index is 485. The molecule has 0 aliphatic heterocycles. The summed E-state index contributed by atoms with van der Waals surface area (Å²) in [7, 11) is 0. The van der Waals surface area contributed by atoms with E-state index < -0.39 is 5.97 Å². The van der Waals surface area contributed by atoms with Crippen LogP contribution in [0.15, 0.2) is 34.7 Å². The number of hydrogen-bond acceptors (Lipinski definition) is 3. The number of rotatable bonds is 5. The van der Waals surface area contributed by atoms with E-state index in [1.54, 1.807) is 0 Å². The standard InChI is InChI=1S/C13H15NO3/c14-10(5-3-7-13(15)16)12-8-9-4-1-2-6-11(9)17-12/h1-2,4,6,8,10H,3,5,7,14H2,(H,15,16)/t10-/m0/s1. The molecule has 90 valence electrons. The summed E-state index contributed by atoms with van der Waals surface area (Å²) in [4.78, 5) is 10.4. The molecule has 0 amide bonds. The lowest BCUT2D eigenvalue weighted by Gasteiger charge is -2.06. The maximum Gasteiger partial charge on any atom is 0.303 e. The number of nitrogens with two attached hydrogens (primary N) is 1. The second kappa shape index (κ2) is 5.01. The van der Waals surface area contributed by atoms with Gasteiger partial charge in [0.1, 0.15) is 11.3 Å². The molecular formula is C13H15NO3. The summed E-state index contributed by atoms with van der Waals surface area (Å²) >= 11 is 0. The molecule has 0 aliphatic carbocycles. The fraction of sp³-hybridized carbons (Fsp3) is 0.308. The van der Waals surface area contributed by atoms with Crippen LogP contribution in [0.25, 0.3) is 11.0 Å². The summed E-state index contributed by atoms with van der Waals surface area (Å²) in [5, 5.41) is 9.57. The molecule has 1 aromatic heterocycles. The molecule has 0 aliphatic rings. The number of benzene rings is 1. The molecule has 4 nitrogen and oxygen atoms in total. The predicted molar refractivity (Wildman–Crippen MR) is 64.6 cm³/mol. The van der Waals surface area contributed by atoms with Crippen molar-refractivity contribution in [1.82, 2.24) is 0 Å². The lowest BCUT2D eigenvalue weighted by Crippen LogP contribution is -2.09. The third-order valence-electron chi connectivity index (χ3n) is 2.72. The van der Waals surface area contributed by atoms with Crippen molar-refractivity contribution >= 4 is 16.9 Å². The van der Waals surface area contributed by atoms with Crippen molar-refractivity contribution < 1.29 is 14.3 Å². The second-order valence-corrected chi connectivity index (χ2v) is 4.08. The van der Waals surface area contributed by atoms with E-state index in [-0.39, 0.29) is 12.5 Å². The Balaban J connectivity index is 2.03. The van der Waals surface area contributed by atoms with E-state index >= 15 is 0 Å². The molecular weight excluding hydrogens is 218 g/mol. The molecule has 0 radical (unpaired) electrons. The van der Waals surface area contributed by atoms with Gasteiger partial charge in [0.15, 0.2) is 0 Å². The summed E-state index contributed by atoms with van der Waals surface area (Å²) in [6.07, 6.45) is 1.33. The van der Waals surface area contributed by atoms with Gasteiger partial charge >= 0.3 is 5.97 Å². The van der Waals surface area contributed by atoms with Gasteiger partial charge in [-0.25, -0.2) is 0 Å². The van der Waals surface area contributed by atoms with Crippen LogP contribution >= 0.6 is 0 Å². The SMILES string of the molecule is N[C@@H](CCCC(=O)O)c1cc2ccccc2o1. The number of carboxylic acids is 1. The van der Waals surface area contributed by atoms with Crippen LogP contribution in [0.4, 0.5) is 0 Å². The Kier molecular flexibility index (Phi) is 3.44. The van der Waals surface area contributed by atoms with Crippen molar-refractivity contribution in [2.45, 2.75) is 25.3 Å². The summed E-state index contributed by atoms with van der Waals surface area (Å²) in [6, 6.07) is 9.39. The molecule has 2 rings (SSSR count). The van der Waals surface area contributed by atoms with E-state index in [1.165, 1.54) is 0 Å². The Morgan fingerprint density at radius 3 is 2.88 bits per heavy atom. The normalized spacial score (nSPS) is 12.8. The van der Waals surface area contributed by atoms with E-state index in [0.717, 1.165) is 16.7 Å². The summed E-state index contributed by atoms with van der Waals surface area (Å²) in [6.45, 7) is 0. The van der Waals surface area contributed by atoms with Crippen LogP contribution in [0.2, 0.25) is 0 Å². The van der Waals surface area contributed by atoms with Crippen LogP contribution in [0.1, 0.15) is 31.1 Å². The fourth-order valence-corrected chi connectivity index (χ4v) is 1.80. The molecule has 17 heavy (non-hydrogen) atoms. The van der Waals surface area contributed by atoms with Crippen molar-refractivity contribution in [3.8, 4) is 0 Å². The zero-order chi connectivity index (χ0) is 12.3. The molecule has 3 N–H and O–H groups in total. The molecule has 0 bridgehead atoms. The minimum Gasteiger partial charge on any atom is -0.481 e. The monoisotopic (exact) mass is 233 g/mol. The van der Waals surface area contributed by atoms with E-state index in [4.69, 9.17) is 15.3 Å². The Hall–Kier alpha value is -1.81. The average Bonchev–Trinajstić information content (AvgIpc) is 2.71. The Labute approximate surface area is 99.0 Å². The predicted octanol–water partition coefficient (Wildman–Crippen LogP) is 2.69. The zero-order valence-electron chi connectivity index (χ0n) is 9.43. The van der Waals surface area contributed by atoms with Crippen LogP contribution in [-0.2, 0) is 4.79 Å². The third-order valence-corrected chi connectivity index (χ3v) is 2.72. The lowest BCUT2D eigenvalue weighted by molar-refractivity contribution is -0.137. The average molecular weight is 233 g/mol. The van der Waals surface area contributed by atoms with Crippen LogP contribution in [0.5, 0.6) is 0 Å². The topological polar surface area (TPSA) is 76.5 Å². The summed E-state index contributed by atoms with van der Waals surface area (Å²) in [5.41, 5.74) is 6.77. The van der Waals surface area contributed by atoms with Gasteiger partial charge in [-0.05, 0) is 25.0 Å². The van der Waals surface area contributed by atoms with E-state index in [2.05, 4.69) is 0 Å². The molecule has 1 aromatic carbocycles. The highest BCUT2D eigenvalue weighted by atomic mass is 16.4. The second-order valence-electron chi connectivity index (χ2n) is 4.08. The molecule has 0 spiro atoms. The lowest BCUT2D eigenvalue weighted by atomic mass is 10.1. The maximum atomic E-state index is 10.4. The zero-order valence-corrected chi connectivity index (χ0v) is 9.43. The smallest absolute Gasteiger partial charge is 0.303 e. The van der Waals surface area contributed by atoms with Gasteiger partial charge in [0.2, 0.25) is 0 Å². The van der Waals surface area contributed by atoms with Crippen LogP contribution < -0.4 is 5.73 Å². The number of furan rings is 1.